The first-order chi connectivity index (χ1) is 23.7. The zero-order valence-corrected chi connectivity index (χ0v) is 25.8. The molecule has 0 bridgehead atoms. The highest BCUT2D eigenvalue weighted by molar-refractivity contribution is 6.13. The summed E-state index contributed by atoms with van der Waals surface area (Å²) in [6, 6.07) is 58.5. The average molecular weight is 608 g/mol. The molecule has 10 rings (SSSR count). The Morgan fingerprint density at radius 3 is 1.79 bits per heavy atom. The van der Waals surface area contributed by atoms with Crippen molar-refractivity contribution in [2.75, 3.05) is 0 Å². The van der Waals surface area contributed by atoms with Crippen LogP contribution in [0, 0.1) is 22.7 Å². The smallest absolute Gasteiger partial charge is 0.0991 e. The van der Waals surface area contributed by atoms with Crippen LogP contribution in [0.2, 0.25) is 0 Å². The third-order valence-corrected chi connectivity index (χ3v) is 10.5. The van der Waals surface area contributed by atoms with Gasteiger partial charge in [-0.2, -0.15) is 10.5 Å². The number of hydrogen-bond donors (Lipinski definition) is 0. The maximum atomic E-state index is 9.45. The van der Waals surface area contributed by atoms with Crippen molar-refractivity contribution < 1.29 is 0 Å². The Morgan fingerprint density at radius 2 is 1.04 bits per heavy atom. The number of nitriles is 2. The summed E-state index contributed by atoms with van der Waals surface area (Å²) >= 11 is 0. The number of fused-ring (bicyclic) bond motifs is 12. The molecule has 3 heteroatoms. The standard InChI is InChI=1S/C45H25N3/c46-26-28-12-16-30(17-13-28)32-21-23-38-37(24-32)34-22-20-33(31-18-14-29(27-47)15-19-31)25-41(34)45(38)39-8-2-4-11-43(39)48-42-10-3-1-6-35(42)36-7-5-9-40(45)44(36)48/h1-25H. The Hall–Kier alpha value is -6.68. The van der Waals surface area contributed by atoms with Crippen LogP contribution >= 0.6 is 0 Å². The molecule has 2 aliphatic rings. The van der Waals surface area contributed by atoms with E-state index in [2.05, 4.69) is 120 Å². The Morgan fingerprint density at radius 1 is 0.438 bits per heavy atom. The minimum absolute atomic E-state index is 0.559. The molecule has 2 heterocycles. The van der Waals surface area contributed by atoms with Crippen LogP contribution in [0.4, 0.5) is 0 Å². The van der Waals surface area contributed by atoms with Crippen molar-refractivity contribution >= 4 is 21.8 Å². The summed E-state index contributed by atoms with van der Waals surface area (Å²) in [5.74, 6) is 0. The lowest BCUT2D eigenvalue weighted by atomic mass is 9.65. The van der Waals surface area contributed by atoms with Gasteiger partial charge in [-0.05, 0) is 104 Å². The average Bonchev–Trinajstić information content (AvgIpc) is 3.65. The van der Waals surface area contributed by atoms with Crippen molar-refractivity contribution in [2.45, 2.75) is 5.41 Å². The third kappa shape index (κ3) is 3.35. The fraction of sp³-hybridized carbons (Fsp3) is 0.0222. The molecular weight excluding hydrogens is 583 g/mol. The summed E-state index contributed by atoms with van der Waals surface area (Å²) in [6.07, 6.45) is 0. The normalized spacial score (nSPS) is 15.1. The number of para-hydroxylation sites is 3. The molecule has 1 aliphatic heterocycles. The fourth-order valence-corrected chi connectivity index (χ4v) is 8.44. The Balaban J connectivity index is 1.34. The van der Waals surface area contributed by atoms with Crippen LogP contribution in [0.25, 0.3) is 60.9 Å². The second kappa shape index (κ2) is 9.66. The molecule has 0 fully saturated rings. The lowest BCUT2D eigenvalue weighted by Crippen LogP contribution is -2.33. The van der Waals surface area contributed by atoms with E-state index in [0.717, 1.165) is 22.3 Å². The van der Waals surface area contributed by atoms with Gasteiger partial charge in [0.25, 0.3) is 0 Å². The van der Waals surface area contributed by atoms with Crippen LogP contribution in [-0.2, 0) is 5.41 Å². The lowest BCUT2D eigenvalue weighted by Gasteiger charge is -2.39. The molecular formula is C45H25N3. The summed E-state index contributed by atoms with van der Waals surface area (Å²) in [5.41, 5.74) is 16.3. The second-order valence-corrected chi connectivity index (χ2v) is 12.7. The Labute approximate surface area is 277 Å². The second-order valence-electron chi connectivity index (χ2n) is 12.7. The lowest BCUT2D eigenvalue weighted by molar-refractivity contribution is 0.749. The van der Waals surface area contributed by atoms with Gasteiger partial charge in [-0.3, -0.25) is 0 Å². The number of hydrogen-bond acceptors (Lipinski definition) is 2. The molecule has 1 unspecified atom stereocenters. The van der Waals surface area contributed by atoms with E-state index >= 15 is 0 Å². The van der Waals surface area contributed by atoms with Crippen molar-refractivity contribution in [2.24, 2.45) is 0 Å². The first-order valence-corrected chi connectivity index (χ1v) is 16.1. The molecule has 3 nitrogen and oxygen atoms in total. The predicted octanol–water partition coefficient (Wildman–Crippen LogP) is 10.5. The first kappa shape index (κ1) is 26.5. The van der Waals surface area contributed by atoms with E-state index in [-0.39, 0.29) is 0 Å². The topological polar surface area (TPSA) is 52.5 Å². The van der Waals surface area contributed by atoms with Gasteiger partial charge in [-0.25, -0.2) is 0 Å². The van der Waals surface area contributed by atoms with Crippen molar-refractivity contribution in [1.82, 2.24) is 4.57 Å². The van der Waals surface area contributed by atoms with E-state index in [1.807, 2.05) is 48.5 Å². The summed E-state index contributed by atoms with van der Waals surface area (Å²) < 4.78 is 2.47. The summed E-state index contributed by atoms with van der Waals surface area (Å²) in [7, 11) is 0. The summed E-state index contributed by atoms with van der Waals surface area (Å²) in [4.78, 5) is 0. The van der Waals surface area contributed by atoms with Crippen LogP contribution < -0.4 is 0 Å². The molecule has 1 spiro atoms. The molecule has 220 valence electrons. The molecule has 8 aromatic rings. The largest absolute Gasteiger partial charge is 0.309 e. The van der Waals surface area contributed by atoms with Crippen LogP contribution in [0.3, 0.4) is 0 Å². The zero-order valence-electron chi connectivity index (χ0n) is 25.8. The highest BCUT2D eigenvalue weighted by atomic mass is 15.0. The van der Waals surface area contributed by atoms with Gasteiger partial charge in [-0.1, -0.05) is 103 Å². The van der Waals surface area contributed by atoms with E-state index in [4.69, 9.17) is 0 Å². The van der Waals surface area contributed by atoms with E-state index < -0.39 is 5.41 Å². The van der Waals surface area contributed by atoms with Gasteiger partial charge < -0.3 is 4.57 Å². The minimum atomic E-state index is -0.559. The molecule has 0 saturated heterocycles. The maximum absolute atomic E-state index is 9.45. The van der Waals surface area contributed by atoms with Crippen LogP contribution in [-0.4, -0.2) is 4.57 Å². The molecule has 0 radical (unpaired) electrons. The molecule has 1 aliphatic carbocycles. The van der Waals surface area contributed by atoms with Crippen molar-refractivity contribution in [1.29, 1.82) is 10.5 Å². The highest BCUT2D eigenvalue weighted by Crippen LogP contribution is 2.61. The van der Waals surface area contributed by atoms with E-state index in [1.165, 1.54) is 60.9 Å². The molecule has 0 N–H and O–H groups in total. The maximum Gasteiger partial charge on any atom is 0.0991 e. The number of aromatic nitrogens is 1. The molecule has 1 aromatic heterocycles. The van der Waals surface area contributed by atoms with Crippen molar-refractivity contribution in [3.8, 4) is 51.2 Å². The summed E-state index contributed by atoms with van der Waals surface area (Å²) in [6.45, 7) is 0. The molecule has 7 aromatic carbocycles. The number of nitrogens with zero attached hydrogens (tertiary/aromatic N) is 3. The number of rotatable bonds is 2. The van der Waals surface area contributed by atoms with Gasteiger partial charge in [0.2, 0.25) is 0 Å². The van der Waals surface area contributed by atoms with Gasteiger partial charge in [0, 0.05) is 10.8 Å². The van der Waals surface area contributed by atoms with Gasteiger partial charge in [0.05, 0.1) is 45.4 Å². The fourth-order valence-electron chi connectivity index (χ4n) is 8.44. The molecule has 0 saturated carbocycles. The van der Waals surface area contributed by atoms with Crippen LogP contribution in [0.5, 0.6) is 0 Å². The quantitative estimate of drug-likeness (QED) is 0.196. The van der Waals surface area contributed by atoms with Crippen molar-refractivity contribution in [3.05, 3.63) is 185 Å². The molecule has 1 atom stereocenters. The first-order valence-electron chi connectivity index (χ1n) is 16.1. The van der Waals surface area contributed by atoms with E-state index in [1.54, 1.807) is 0 Å². The van der Waals surface area contributed by atoms with Crippen molar-refractivity contribution in [3.63, 3.8) is 0 Å². The SMILES string of the molecule is N#Cc1ccc(-c2ccc3c(c2)-c2ccc(-c4ccc(C#N)cc4)cc2C32c3ccccc3-n3c4ccccc4c4cccc2c43)cc1. The third-order valence-electron chi connectivity index (χ3n) is 10.5. The van der Waals surface area contributed by atoms with Crippen LogP contribution in [0.15, 0.2) is 152 Å². The Kier molecular flexibility index (Phi) is 5.34. The number of benzene rings is 7. The van der Waals surface area contributed by atoms with Crippen LogP contribution in [0.1, 0.15) is 33.4 Å². The van der Waals surface area contributed by atoms with Gasteiger partial charge in [0.1, 0.15) is 0 Å². The monoisotopic (exact) mass is 607 g/mol. The molecule has 0 amide bonds. The predicted molar refractivity (Wildman–Crippen MR) is 192 cm³/mol. The van der Waals surface area contributed by atoms with E-state index in [9.17, 15) is 10.5 Å². The van der Waals surface area contributed by atoms with E-state index in [0.29, 0.717) is 11.1 Å². The Bertz CT molecular complexity index is 2730. The summed E-state index contributed by atoms with van der Waals surface area (Å²) in [5, 5.41) is 21.4. The highest BCUT2D eigenvalue weighted by Gasteiger charge is 2.51. The zero-order chi connectivity index (χ0) is 32.0. The van der Waals surface area contributed by atoms with Gasteiger partial charge in [-0.15, -0.1) is 0 Å². The van der Waals surface area contributed by atoms with Gasteiger partial charge in [0.15, 0.2) is 0 Å². The molecule has 48 heavy (non-hydrogen) atoms. The van der Waals surface area contributed by atoms with Gasteiger partial charge >= 0.3 is 0 Å². The minimum Gasteiger partial charge on any atom is -0.309 e.